The lowest BCUT2D eigenvalue weighted by atomic mass is 9.98. The number of halogens is 3. The number of alkyl halides is 1. The third kappa shape index (κ3) is 3.78. The van der Waals surface area contributed by atoms with Gasteiger partial charge in [-0.3, -0.25) is 0 Å². The second-order valence-corrected chi connectivity index (χ2v) is 6.93. The summed E-state index contributed by atoms with van der Waals surface area (Å²) >= 11 is 7.16. The minimum atomic E-state index is -0.0840. The zero-order valence-corrected chi connectivity index (χ0v) is 12.9. The van der Waals surface area contributed by atoms with Gasteiger partial charge in [-0.1, -0.05) is 44.7 Å². The molecule has 1 saturated carbocycles. The molecular weight excluding hydrogens is 347 g/mol. The first-order chi connectivity index (χ1) is 8.16. The van der Waals surface area contributed by atoms with Gasteiger partial charge in [-0.15, -0.1) is 0 Å². The van der Waals surface area contributed by atoms with E-state index < -0.39 is 0 Å². The lowest BCUT2D eigenvalue weighted by molar-refractivity contribution is 0.501. The van der Waals surface area contributed by atoms with Crippen LogP contribution >= 0.6 is 31.9 Å². The Morgan fingerprint density at radius 3 is 2.71 bits per heavy atom. The molecule has 17 heavy (non-hydrogen) atoms. The summed E-state index contributed by atoms with van der Waals surface area (Å²) in [5.74, 6) is 0.713. The summed E-state index contributed by atoms with van der Waals surface area (Å²) in [4.78, 5) is 0.545. The molecule has 0 radical (unpaired) electrons. The van der Waals surface area contributed by atoms with Gasteiger partial charge in [0, 0.05) is 9.30 Å². The van der Waals surface area contributed by atoms with Crippen LogP contribution in [0.3, 0.4) is 0 Å². The largest absolute Gasteiger partial charge is 0.207 e. The molecule has 1 aromatic rings. The number of aryl methyl sites for hydroxylation is 1. The highest BCUT2D eigenvalue weighted by Crippen LogP contribution is 2.33. The summed E-state index contributed by atoms with van der Waals surface area (Å²) in [5.41, 5.74) is 0.821. The van der Waals surface area contributed by atoms with Crippen LogP contribution in [0.4, 0.5) is 4.39 Å². The molecule has 0 heterocycles. The van der Waals surface area contributed by atoms with E-state index in [2.05, 4.69) is 31.9 Å². The lowest BCUT2D eigenvalue weighted by Gasteiger charge is -2.17. The van der Waals surface area contributed by atoms with E-state index in [1.54, 1.807) is 6.07 Å². The van der Waals surface area contributed by atoms with Crippen molar-refractivity contribution in [1.82, 2.24) is 0 Å². The predicted octanol–water partition coefficient (Wildman–Crippen LogP) is 5.47. The van der Waals surface area contributed by atoms with E-state index in [1.165, 1.54) is 31.7 Å². The predicted molar refractivity (Wildman–Crippen MR) is 77.1 cm³/mol. The Labute approximate surface area is 119 Å². The Kier molecular flexibility index (Phi) is 5.04. The number of hydrogen-bond acceptors (Lipinski definition) is 0. The first kappa shape index (κ1) is 13.5. The first-order valence-electron chi connectivity index (χ1n) is 6.25. The minimum Gasteiger partial charge on any atom is -0.207 e. The Bertz CT molecular complexity index is 372. The molecule has 0 bridgehead atoms. The lowest BCUT2D eigenvalue weighted by Crippen LogP contribution is -2.12. The van der Waals surface area contributed by atoms with Crippen molar-refractivity contribution < 1.29 is 4.39 Å². The van der Waals surface area contributed by atoms with Crippen LogP contribution in [-0.4, -0.2) is 4.83 Å². The fourth-order valence-electron chi connectivity index (χ4n) is 2.58. The maximum Gasteiger partial charge on any atom is 0.126 e. The van der Waals surface area contributed by atoms with Crippen LogP contribution in [0.5, 0.6) is 0 Å². The summed E-state index contributed by atoms with van der Waals surface area (Å²) in [6, 6.07) is 5.18. The SMILES string of the molecule is Fc1ccc(Br)cc1CCC(Br)C1CCCC1. The molecule has 0 nitrogen and oxygen atoms in total. The van der Waals surface area contributed by atoms with E-state index in [9.17, 15) is 4.39 Å². The highest BCUT2D eigenvalue weighted by molar-refractivity contribution is 9.10. The fourth-order valence-corrected chi connectivity index (χ4v) is 3.75. The molecule has 1 aliphatic rings. The molecule has 1 aliphatic carbocycles. The van der Waals surface area contributed by atoms with Crippen molar-refractivity contribution in [2.24, 2.45) is 5.92 Å². The molecule has 3 heteroatoms. The summed E-state index contributed by atoms with van der Waals surface area (Å²) < 4.78 is 14.5. The summed E-state index contributed by atoms with van der Waals surface area (Å²) in [5, 5.41) is 0. The molecule has 0 aliphatic heterocycles. The van der Waals surface area contributed by atoms with Gasteiger partial charge in [-0.2, -0.15) is 0 Å². The third-order valence-electron chi connectivity index (χ3n) is 3.61. The Balaban J connectivity index is 1.90. The molecule has 1 aromatic carbocycles. The van der Waals surface area contributed by atoms with Crippen LogP contribution in [0.2, 0.25) is 0 Å². The highest BCUT2D eigenvalue weighted by Gasteiger charge is 2.22. The van der Waals surface area contributed by atoms with Crippen LogP contribution in [-0.2, 0) is 6.42 Å². The van der Waals surface area contributed by atoms with Gasteiger partial charge < -0.3 is 0 Å². The topological polar surface area (TPSA) is 0 Å². The zero-order valence-electron chi connectivity index (χ0n) is 9.76. The molecule has 1 atom stereocenters. The van der Waals surface area contributed by atoms with E-state index in [0.29, 0.717) is 4.83 Å². The molecule has 1 unspecified atom stereocenters. The number of benzene rings is 1. The van der Waals surface area contributed by atoms with Gasteiger partial charge in [0.15, 0.2) is 0 Å². The first-order valence-corrected chi connectivity index (χ1v) is 7.95. The van der Waals surface area contributed by atoms with Crippen LogP contribution in [0.25, 0.3) is 0 Å². The summed E-state index contributed by atoms with van der Waals surface area (Å²) in [6.45, 7) is 0. The average molecular weight is 364 g/mol. The maximum absolute atomic E-state index is 13.6. The molecule has 1 fully saturated rings. The minimum absolute atomic E-state index is 0.0840. The van der Waals surface area contributed by atoms with Gasteiger partial charge >= 0.3 is 0 Å². The third-order valence-corrected chi connectivity index (χ3v) is 5.31. The zero-order chi connectivity index (χ0) is 12.3. The van der Waals surface area contributed by atoms with Gasteiger partial charge in [-0.05, 0) is 55.4 Å². The van der Waals surface area contributed by atoms with Crippen LogP contribution in [0.15, 0.2) is 22.7 Å². The van der Waals surface area contributed by atoms with Crippen LogP contribution in [0.1, 0.15) is 37.7 Å². The summed E-state index contributed by atoms with van der Waals surface area (Å²) in [6.07, 6.45) is 7.22. The second-order valence-electron chi connectivity index (χ2n) is 4.83. The molecule has 0 aromatic heterocycles. The van der Waals surface area contributed by atoms with Gasteiger partial charge in [0.05, 0.1) is 0 Å². The van der Waals surface area contributed by atoms with Crippen molar-refractivity contribution in [2.45, 2.75) is 43.4 Å². The van der Waals surface area contributed by atoms with E-state index >= 15 is 0 Å². The molecular formula is C14H17Br2F. The van der Waals surface area contributed by atoms with Gasteiger partial charge in [0.1, 0.15) is 5.82 Å². The highest BCUT2D eigenvalue weighted by atomic mass is 79.9. The summed E-state index contributed by atoms with van der Waals surface area (Å²) in [7, 11) is 0. The van der Waals surface area contributed by atoms with Crippen molar-refractivity contribution in [2.75, 3.05) is 0 Å². The van der Waals surface area contributed by atoms with Gasteiger partial charge in [0.2, 0.25) is 0 Å². The Hall–Kier alpha value is 0.110. The van der Waals surface area contributed by atoms with Crippen LogP contribution in [0, 0.1) is 11.7 Å². The van der Waals surface area contributed by atoms with Crippen molar-refractivity contribution in [3.8, 4) is 0 Å². The molecule has 0 N–H and O–H groups in total. The van der Waals surface area contributed by atoms with Crippen LogP contribution < -0.4 is 0 Å². The van der Waals surface area contributed by atoms with Crippen molar-refractivity contribution in [3.63, 3.8) is 0 Å². The monoisotopic (exact) mass is 362 g/mol. The normalized spacial score (nSPS) is 18.5. The van der Waals surface area contributed by atoms with E-state index in [1.807, 2.05) is 6.07 Å². The molecule has 94 valence electrons. The van der Waals surface area contributed by atoms with Gasteiger partial charge in [-0.25, -0.2) is 4.39 Å². The molecule has 2 rings (SSSR count). The maximum atomic E-state index is 13.6. The molecule has 0 spiro atoms. The quantitative estimate of drug-likeness (QED) is 0.622. The van der Waals surface area contributed by atoms with Crippen molar-refractivity contribution in [1.29, 1.82) is 0 Å². The average Bonchev–Trinajstić information content (AvgIpc) is 2.83. The number of rotatable bonds is 4. The van der Waals surface area contributed by atoms with E-state index in [0.717, 1.165) is 28.8 Å². The molecule has 0 saturated heterocycles. The molecule has 0 amide bonds. The Morgan fingerprint density at radius 1 is 1.29 bits per heavy atom. The smallest absolute Gasteiger partial charge is 0.126 e. The van der Waals surface area contributed by atoms with E-state index in [4.69, 9.17) is 0 Å². The fraction of sp³-hybridized carbons (Fsp3) is 0.571. The second kappa shape index (κ2) is 6.33. The number of hydrogen-bond donors (Lipinski definition) is 0. The standard InChI is InChI=1S/C14H17Br2F/c15-12-6-8-14(17)11(9-12)5-7-13(16)10-3-1-2-4-10/h6,8-10,13H,1-5,7H2. The Morgan fingerprint density at radius 2 is 2.00 bits per heavy atom. The van der Waals surface area contributed by atoms with E-state index in [-0.39, 0.29) is 5.82 Å². The van der Waals surface area contributed by atoms with Gasteiger partial charge in [0.25, 0.3) is 0 Å². The van der Waals surface area contributed by atoms with Crippen molar-refractivity contribution >= 4 is 31.9 Å². The van der Waals surface area contributed by atoms with Crippen molar-refractivity contribution in [3.05, 3.63) is 34.1 Å².